The standard InChI is InChI=1S/C20H19ClN4/c1-4-5-6-8-11-14(2)18-16-17(21)19(15-12-9-7-10-13-15)22-23-20(16)25(3)24-18/h5-13H,2,4H2,1,3H3/b6-5-,11-8-. The van der Waals surface area contributed by atoms with Gasteiger partial charge in [0.05, 0.1) is 10.4 Å². The fourth-order valence-electron chi connectivity index (χ4n) is 2.56. The molecule has 0 unspecified atom stereocenters. The molecule has 0 saturated carbocycles. The van der Waals surface area contributed by atoms with Gasteiger partial charge in [0.1, 0.15) is 11.4 Å². The van der Waals surface area contributed by atoms with Crippen molar-refractivity contribution >= 4 is 28.2 Å². The van der Waals surface area contributed by atoms with Gasteiger partial charge in [-0.3, -0.25) is 0 Å². The largest absolute Gasteiger partial charge is 0.248 e. The SMILES string of the molecule is C=C(/C=C\C=C/CC)c1nn(C)c2nnc(-c3ccccc3)c(Cl)c12. The smallest absolute Gasteiger partial charge is 0.182 e. The summed E-state index contributed by atoms with van der Waals surface area (Å²) in [6.07, 6.45) is 8.93. The van der Waals surface area contributed by atoms with Crippen LogP contribution in [0.2, 0.25) is 5.02 Å². The van der Waals surface area contributed by atoms with E-state index in [2.05, 4.69) is 34.9 Å². The lowest BCUT2D eigenvalue weighted by Crippen LogP contribution is -1.95. The van der Waals surface area contributed by atoms with Crippen LogP contribution in [0.25, 0.3) is 27.9 Å². The summed E-state index contributed by atoms with van der Waals surface area (Å²) in [5.74, 6) is 0. The molecule has 3 aromatic rings. The number of aryl methyl sites for hydroxylation is 1. The van der Waals surface area contributed by atoms with Crippen molar-refractivity contribution in [1.82, 2.24) is 20.0 Å². The lowest BCUT2D eigenvalue weighted by molar-refractivity contribution is 0.774. The summed E-state index contributed by atoms with van der Waals surface area (Å²) < 4.78 is 1.68. The number of aromatic nitrogens is 4. The normalized spacial score (nSPS) is 11.8. The summed E-state index contributed by atoms with van der Waals surface area (Å²) >= 11 is 6.69. The fraction of sp³-hybridized carbons (Fsp3) is 0.150. The van der Waals surface area contributed by atoms with Gasteiger partial charge in [-0.2, -0.15) is 5.10 Å². The van der Waals surface area contributed by atoms with Gasteiger partial charge in [-0.05, 0) is 12.0 Å². The fourth-order valence-corrected chi connectivity index (χ4v) is 2.88. The molecule has 25 heavy (non-hydrogen) atoms. The Bertz CT molecular complexity index is 968. The Kier molecular flexibility index (Phi) is 5.10. The first-order valence-electron chi connectivity index (χ1n) is 8.10. The van der Waals surface area contributed by atoms with Crippen molar-refractivity contribution in [2.75, 3.05) is 0 Å². The molecule has 1 aromatic carbocycles. The first-order valence-corrected chi connectivity index (χ1v) is 8.48. The van der Waals surface area contributed by atoms with E-state index in [4.69, 9.17) is 11.6 Å². The molecule has 5 heteroatoms. The van der Waals surface area contributed by atoms with E-state index in [9.17, 15) is 0 Å². The third-order valence-corrected chi connectivity index (χ3v) is 4.19. The number of allylic oxidation sites excluding steroid dienone is 5. The maximum Gasteiger partial charge on any atom is 0.182 e. The van der Waals surface area contributed by atoms with E-state index in [1.165, 1.54) is 0 Å². The van der Waals surface area contributed by atoms with Gasteiger partial charge in [0, 0.05) is 12.6 Å². The summed E-state index contributed by atoms with van der Waals surface area (Å²) in [7, 11) is 1.83. The minimum atomic E-state index is 0.540. The first kappa shape index (κ1) is 17.1. The summed E-state index contributed by atoms with van der Waals surface area (Å²) in [5.41, 5.74) is 3.70. The zero-order chi connectivity index (χ0) is 17.8. The number of fused-ring (bicyclic) bond motifs is 1. The number of benzene rings is 1. The quantitative estimate of drug-likeness (QED) is 0.592. The highest BCUT2D eigenvalue weighted by Crippen LogP contribution is 2.35. The van der Waals surface area contributed by atoms with Gasteiger partial charge in [-0.1, -0.05) is 79.7 Å². The second-order valence-electron chi connectivity index (χ2n) is 5.62. The minimum absolute atomic E-state index is 0.540. The summed E-state index contributed by atoms with van der Waals surface area (Å²) in [6, 6.07) is 9.77. The van der Waals surface area contributed by atoms with E-state index in [0.717, 1.165) is 28.6 Å². The van der Waals surface area contributed by atoms with E-state index in [1.807, 2.05) is 55.6 Å². The molecule has 3 rings (SSSR count). The average molecular weight is 351 g/mol. The highest BCUT2D eigenvalue weighted by molar-refractivity contribution is 6.38. The lowest BCUT2D eigenvalue weighted by Gasteiger charge is -2.04. The molecule has 0 atom stereocenters. The molecule has 0 aliphatic heterocycles. The van der Waals surface area contributed by atoms with Crippen LogP contribution in [0.1, 0.15) is 19.0 Å². The lowest BCUT2D eigenvalue weighted by atomic mass is 10.1. The molecular formula is C20H19ClN4. The molecule has 0 fully saturated rings. The Morgan fingerprint density at radius 3 is 2.68 bits per heavy atom. The van der Waals surface area contributed by atoms with Crippen LogP contribution in [-0.2, 0) is 7.05 Å². The average Bonchev–Trinajstić information content (AvgIpc) is 2.97. The third kappa shape index (κ3) is 3.39. The monoisotopic (exact) mass is 350 g/mol. The van der Waals surface area contributed by atoms with Crippen molar-refractivity contribution in [3.63, 3.8) is 0 Å². The molecule has 0 N–H and O–H groups in total. The first-order chi connectivity index (χ1) is 12.1. The maximum absolute atomic E-state index is 6.69. The summed E-state index contributed by atoms with van der Waals surface area (Å²) in [5, 5.41) is 14.5. The molecule has 4 nitrogen and oxygen atoms in total. The zero-order valence-corrected chi connectivity index (χ0v) is 15.0. The van der Waals surface area contributed by atoms with E-state index in [1.54, 1.807) is 4.68 Å². The van der Waals surface area contributed by atoms with E-state index >= 15 is 0 Å². The van der Waals surface area contributed by atoms with Gasteiger partial charge < -0.3 is 0 Å². The minimum Gasteiger partial charge on any atom is -0.248 e. The second-order valence-corrected chi connectivity index (χ2v) is 6.00. The van der Waals surface area contributed by atoms with Crippen LogP contribution in [-0.4, -0.2) is 20.0 Å². The van der Waals surface area contributed by atoms with Crippen LogP contribution in [0.4, 0.5) is 0 Å². The topological polar surface area (TPSA) is 43.6 Å². The number of nitrogens with zero attached hydrogens (tertiary/aromatic N) is 4. The third-order valence-electron chi connectivity index (χ3n) is 3.82. The predicted octanol–water partition coefficient (Wildman–Crippen LogP) is 5.22. The molecule has 0 aliphatic carbocycles. The van der Waals surface area contributed by atoms with E-state index < -0.39 is 0 Å². The van der Waals surface area contributed by atoms with Crippen LogP contribution in [0.15, 0.2) is 61.2 Å². The molecule has 126 valence electrons. The molecule has 0 amide bonds. The van der Waals surface area contributed by atoms with Crippen molar-refractivity contribution in [3.8, 4) is 11.3 Å². The Morgan fingerprint density at radius 1 is 1.20 bits per heavy atom. The predicted molar refractivity (Wildman–Crippen MR) is 104 cm³/mol. The maximum atomic E-state index is 6.69. The number of rotatable bonds is 5. The molecule has 0 spiro atoms. The van der Waals surface area contributed by atoms with Crippen molar-refractivity contribution < 1.29 is 0 Å². The molecule has 2 aromatic heterocycles. The Labute approximate surface area is 152 Å². The molecule has 0 bridgehead atoms. The van der Waals surface area contributed by atoms with E-state index in [-0.39, 0.29) is 0 Å². The van der Waals surface area contributed by atoms with Crippen molar-refractivity contribution in [2.45, 2.75) is 13.3 Å². The van der Waals surface area contributed by atoms with Gasteiger partial charge in [0.2, 0.25) is 0 Å². The number of hydrogen-bond donors (Lipinski definition) is 0. The molecule has 2 heterocycles. The van der Waals surface area contributed by atoms with Crippen LogP contribution in [0, 0.1) is 0 Å². The molecule has 0 aliphatic rings. The van der Waals surface area contributed by atoms with E-state index in [0.29, 0.717) is 16.4 Å². The van der Waals surface area contributed by atoms with Gasteiger partial charge >= 0.3 is 0 Å². The van der Waals surface area contributed by atoms with Crippen LogP contribution < -0.4 is 0 Å². The highest BCUT2D eigenvalue weighted by atomic mass is 35.5. The Balaban J connectivity index is 2.12. The summed E-state index contributed by atoms with van der Waals surface area (Å²) in [4.78, 5) is 0. The molecule has 0 radical (unpaired) electrons. The van der Waals surface area contributed by atoms with Crippen LogP contribution >= 0.6 is 11.6 Å². The number of hydrogen-bond acceptors (Lipinski definition) is 3. The van der Waals surface area contributed by atoms with Gasteiger partial charge in [-0.15, -0.1) is 10.2 Å². The van der Waals surface area contributed by atoms with Crippen molar-refractivity contribution in [3.05, 3.63) is 71.9 Å². The van der Waals surface area contributed by atoms with Gasteiger partial charge in [0.25, 0.3) is 0 Å². The van der Waals surface area contributed by atoms with Crippen molar-refractivity contribution in [2.24, 2.45) is 7.05 Å². The Hall–Kier alpha value is -2.72. The van der Waals surface area contributed by atoms with Crippen molar-refractivity contribution in [1.29, 1.82) is 0 Å². The van der Waals surface area contributed by atoms with Crippen LogP contribution in [0.5, 0.6) is 0 Å². The highest BCUT2D eigenvalue weighted by Gasteiger charge is 2.19. The van der Waals surface area contributed by atoms with Crippen LogP contribution in [0.3, 0.4) is 0 Å². The summed E-state index contributed by atoms with van der Waals surface area (Å²) in [6.45, 7) is 6.22. The van der Waals surface area contributed by atoms with Gasteiger partial charge in [0.15, 0.2) is 5.65 Å². The number of halogens is 1. The Morgan fingerprint density at radius 2 is 1.96 bits per heavy atom. The molecule has 0 saturated heterocycles. The molecular weight excluding hydrogens is 332 g/mol. The second kappa shape index (κ2) is 7.45. The zero-order valence-electron chi connectivity index (χ0n) is 14.3. The van der Waals surface area contributed by atoms with Gasteiger partial charge in [-0.25, -0.2) is 4.68 Å².